The molecule has 0 unspecified atom stereocenters. The lowest BCUT2D eigenvalue weighted by atomic mass is 10.4. The van der Waals surface area contributed by atoms with Crippen molar-refractivity contribution in [1.29, 1.82) is 0 Å². The third kappa shape index (κ3) is 14.5. The summed E-state index contributed by atoms with van der Waals surface area (Å²) in [6.07, 6.45) is 16.1. The molecule has 0 aliphatic carbocycles. The van der Waals surface area contributed by atoms with Gasteiger partial charge in [-0.3, -0.25) is 0 Å². The number of unbranched alkanes of at least 4 members (excludes halogenated alkanes) is 6. The van der Waals surface area contributed by atoms with Gasteiger partial charge in [0, 0.05) is 12.2 Å². The molecule has 0 aromatic rings. The fourth-order valence-corrected chi connectivity index (χ4v) is 13.8. The van der Waals surface area contributed by atoms with Crippen molar-refractivity contribution in [2.24, 2.45) is 0 Å². The Hall–Kier alpha value is -0.886. The number of rotatable bonds is 22. The summed E-state index contributed by atoms with van der Waals surface area (Å²) in [6, 6.07) is 6.22. The van der Waals surface area contributed by atoms with Crippen molar-refractivity contribution in [3.8, 4) is 0 Å². The number of carbonyl (C=O) groups excluding carboxylic acids is 2. The van der Waals surface area contributed by atoms with Gasteiger partial charge in [-0.15, -0.1) is 0 Å². The SMILES string of the molecule is CCCC[Si](CCCC)(CCCC)OC(=O)/C=C\C(=O)O[Si](CCCC)(CCCC)CCCC. The van der Waals surface area contributed by atoms with Crippen molar-refractivity contribution >= 4 is 28.6 Å². The maximum Gasteiger partial charge on any atom is 0.317 e. The zero-order valence-corrected chi connectivity index (χ0v) is 25.5. The first-order chi connectivity index (χ1) is 16.4. The predicted octanol–water partition coefficient (Wildman–Crippen LogP) is 9.32. The van der Waals surface area contributed by atoms with Gasteiger partial charge >= 0.3 is 11.9 Å². The Morgan fingerprint density at radius 3 is 0.853 bits per heavy atom. The van der Waals surface area contributed by atoms with Crippen LogP contribution in [-0.4, -0.2) is 28.6 Å². The van der Waals surface area contributed by atoms with E-state index in [9.17, 15) is 9.59 Å². The van der Waals surface area contributed by atoms with E-state index in [2.05, 4.69) is 41.5 Å². The molecule has 0 atom stereocenters. The van der Waals surface area contributed by atoms with Gasteiger partial charge in [0.1, 0.15) is 0 Å². The van der Waals surface area contributed by atoms with E-state index in [4.69, 9.17) is 8.85 Å². The second-order valence-electron chi connectivity index (χ2n) is 10.2. The first-order valence-corrected chi connectivity index (χ1v) is 19.6. The van der Waals surface area contributed by atoms with E-state index >= 15 is 0 Å². The largest absolute Gasteiger partial charge is 0.516 e. The van der Waals surface area contributed by atoms with Crippen molar-refractivity contribution < 1.29 is 18.4 Å². The van der Waals surface area contributed by atoms with Crippen molar-refractivity contribution in [3.63, 3.8) is 0 Å². The number of carbonyl (C=O) groups is 2. The fourth-order valence-electron chi connectivity index (χ4n) is 4.68. The monoisotopic (exact) mass is 512 g/mol. The molecule has 0 rings (SSSR count). The predicted molar refractivity (Wildman–Crippen MR) is 151 cm³/mol. The molecule has 0 saturated heterocycles. The summed E-state index contributed by atoms with van der Waals surface area (Å²) in [5.41, 5.74) is 0. The van der Waals surface area contributed by atoms with Gasteiger partial charge in [-0.1, -0.05) is 119 Å². The highest BCUT2D eigenvalue weighted by molar-refractivity contribution is 6.75. The summed E-state index contributed by atoms with van der Waals surface area (Å²) in [6.45, 7) is 13.2. The molecule has 0 radical (unpaired) electrons. The lowest BCUT2D eigenvalue weighted by Gasteiger charge is -2.31. The number of hydrogen-bond donors (Lipinski definition) is 0. The van der Waals surface area contributed by atoms with Crippen molar-refractivity contribution in [3.05, 3.63) is 12.2 Å². The molecule has 200 valence electrons. The van der Waals surface area contributed by atoms with Gasteiger partial charge in [-0.05, 0) is 36.3 Å². The van der Waals surface area contributed by atoms with Crippen LogP contribution in [0.2, 0.25) is 36.3 Å². The second-order valence-corrected chi connectivity index (χ2v) is 18.3. The molecule has 0 N–H and O–H groups in total. The standard InChI is InChI=1S/C28H56O4Si2/c1-7-13-21-33(22-14-8-2,23-15-9-3)31-27(29)19-20-28(30)32-34(24-16-10-4,25-17-11-5)26-18-12-6/h19-20H,7-18,21-26H2,1-6H3/b20-19-. The lowest BCUT2D eigenvalue weighted by Crippen LogP contribution is -2.40. The fraction of sp³-hybridized carbons (Fsp3) is 0.857. The van der Waals surface area contributed by atoms with E-state index in [-0.39, 0.29) is 11.9 Å². The Balaban J connectivity index is 5.41. The summed E-state index contributed by atoms with van der Waals surface area (Å²) in [5.74, 6) is -0.676. The minimum atomic E-state index is -2.14. The Morgan fingerprint density at radius 1 is 0.471 bits per heavy atom. The minimum Gasteiger partial charge on any atom is -0.516 e. The zero-order valence-electron chi connectivity index (χ0n) is 23.5. The summed E-state index contributed by atoms with van der Waals surface area (Å²) in [5, 5.41) is 0. The average molecular weight is 513 g/mol. The normalized spacial score (nSPS) is 12.3. The Bertz CT molecular complexity index is 471. The molecule has 0 aromatic heterocycles. The van der Waals surface area contributed by atoms with Gasteiger partial charge in [0.05, 0.1) is 0 Å². The van der Waals surface area contributed by atoms with Gasteiger partial charge in [0.15, 0.2) is 0 Å². The van der Waals surface area contributed by atoms with Crippen LogP contribution in [0.3, 0.4) is 0 Å². The Kier molecular flexibility index (Phi) is 19.8. The molecule has 0 bridgehead atoms. The molecule has 0 aromatic carbocycles. The molecule has 0 spiro atoms. The number of hydrogen-bond acceptors (Lipinski definition) is 4. The molecule has 0 fully saturated rings. The molecule has 0 saturated carbocycles. The highest BCUT2D eigenvalue weighted by Crippen LogP contribution is 2.31. The van der Waals surface area contributed by atoms with Crippen LogP contribution < -0.4 is 0 Å². The van der Waals surface area contributed by atoms with Crippen LogP contribution in [0.15, 0.2) is 12.2 Å². The van der Waals surface area contributed by atoms with E-state index in [1.807, 2.05) is 0 Å². The molecule has 6 heteroatoms. The van der Waals surface area contributed by atoms with E-state index in [1.165, 1.54) is 12.2 Å². The third-order valence-electron chi connectivity index (χ3n) is 6.91. The second kappa shape index (κ2) is 20.3. The minimum absolute atomic E-state index is 0.338. The summed E-state index contributed by atoms with van der Waals surface area (Å²) < 4.78 is 12.5. The van der Waals surface area contributed by atoms with Crippen LogP contribution in [0.5, 0.6) is 0 Å². The van der Waals surface area contributed by atoms with Gasteiger partial charge in [0.2, 0.25) is 0 Å². The van der Waals surface area contributed by atoms with Crippen molar-refractivity contribution in [2.75, 3.05) is 0 Å². The maximum absolute atomic E-state index is 12.9. The molecular formula is C28H56O4Si2. The summed E-state index contributed by atoms with van der Waals surface area (Å²) in [4.78, 5) is 25.7. The van der Waals surface area contributed by atoms with E-state index in [0.717, 1.165) is 113 Å². The van der Waals surface area contributed by atoms with Gasteiger partial charge in [0.25, 0.3) is 16.6 Å². The van der Waals surface area contributed by atoms with Crippen LogP contribution in [-0.2, 0) is 18.4 Å². The highest BCUT2D eigenvalue weighted by Gasteiger charge is 2.37. The zero-order chi connectivity index (χ0) is 25.7. The highest BCUT2D eigenvalue weighted by atomic mass is 28.4. The van der Waals surface area contributed by atoms with Gasteiger partial charge in [-0.25, -0.2) is 9.59 Å². The van der Waals surface area contributed by atoms with Crippen LogP contribution >= 0.6 is 0 Å². The first-order valence-electron chi connectivity index (χ1n) is 14.5. The topological polar surface area (TPSA) is 52.6 Å². The Morgan fingerprint density at radius 2 is 0.676 bits per heavy atom. The summed E-state index contributed by atoms with van der Waals surface area (Å²) >= 11 is 0. The quantitative estimate of drug-likeness (QED) is 0.107. The smallest absolute Gasteiger partial charge is 0.317 e. The molecule has 0 aliphatic heterocycles. The van der Waals surface area contributed by atoms with Crippen LogP contribution in [0.25, 0.3) is 0 Å². The van der Waals surface area contributed by atoms with Crippen molar-refractivity contribution in [1.82, 2.24) is 0 Å². The molecule has 0 heterocycles. The van der Waals surface area contributed by atoms with E-state index < -0.39 is 16.6 Å². The van der Waals surface area contributed by atoms with Crippen LogP contribution in [0.4, 0.5) is 0 Å². The molecule has 0 amide bonds. The van der Waals surface area contributed by atoms with E-state index in [0.29, 0.717) is 0 Å². The van der Waals surface area contributed by atoms with Crippen LogP contribution in [0, 0.1) is 0 Å². The molecule has 34 heavy (non-hydrogen) atoms. The maximum atomic E-state index is 12.9. The lowest BCUT2D eigenvalue weighted by molar-refractivity contribution is -0.132. The Labute approximate surface area is 213 Å². The van der Waals surface area contributed by atoms with Gasteiger partial charge < -0.3 is 8.85 Å². The van der Waals surface area contributed by atoms with Crippen LogP contribution in [0.1, 0.15) is 119 Å². The molecule has 4 nitrogen and oxygen atoms in total. The molecular weight excluding hydrogens is 456 g/mol. The summed E-state index contributed by atoms with van der Waals surface area (Å²) in [7, 11) is -4.27. The van der Waals surface area contributed by atoms with Gasteiger partial charge in [-0.2, -0.15) is 0 Å². The van der Waals surface area contributed by atoms with E-state index in [1.54, 1.807) is 0 Å². The average Bonchev–Trinajstić information content (AvgIpc) is 2.84. The molecule has 0 aliphatic rings. The first kappa shape index (κ1) is 33.1. The van der Waals surface area contributed by atoms with Crippen molar-refractivity contribution in [2.45, 2.75) is 155 Å². The third-order valence-corrected chi connectivity index (χ3v) is 15.8.